The molecule has 2 heteroatoms. The first-order chi connectivity index (χ1) is 4.83. The van der Waals surface area contributed by atoms with Crippen molar-refractivity contribution in [1.29, 1.82) is 0 Å². The van der Waals surface area contributed by atoms with Crippen LogP contribution in [0.25, 0.3) is 0 Å². The second-order valence-electron chi connectivity index (χ2n) is 3.28. The van der Waals surface area contributed by atoms with E-state index in [1.807, 2.05) is 0 Å². The van der Waals surface area contributed by atoms with Crippen molar-refractivity contribution in [2.75, 3.05) is 19.0 Å². The molecule has 10 heavy (non-hydrogen) atoms. The highest BCUT2D eigenvalue weighted by molar-refractivity contribution is 9.09. The maximum absolute atomic E-state index is 3.43. The van der Waals surface area contributed by atoms with Crippen LogP contribution in [0, 0.1) is 5.92 Å². The molecule has 0 aromatic heterocycles. The molecule has 0 radical (unpaired) electrons. The van der Waals surface area contributed by atoms with Crippen LogP contribution in [0.4, 0.5) is 0 Å². The Morgan fingerprint density at radius 1 is 1.50 bits per heavy atom. The molecule has 0 amide bonds. The van der Waals surface area contributed by atoms with Crippen molar-refractivity contribution in [3.63, 3.8) is 0 Å². The first-order valence-electron chi connectivity index (χ1n) is 4.07. The van der Waals surface area contributed by atoms with E-state index < -0.39 is 0 Å². The smallest absolute Gasteiger partial charge is 0.0539 e. The summed E-state index contributed by atoms with van der Waals surface area (Å²) in [4.78, 5) is 2.32. The van der Waals surface area contributed by atoms with Gasteiger partial charge in [0.05, 0.1) is 5.45 Å². The maximum Gasteiger partial charge on any atom is 0.0539 e. The van der Waals surface area contributed by atoms with Gasteiger partial charge in [-0.15, -0.1) is 0 Å². The van der Waals surface area contributed by atoms with Crippen LogP contribution in [-0.4, -0.2) is 23.9 Å². The zero-order valence-corrected chi connectivity index (χ0v) is 8.23. The summed E-state index contributed by atoms with van der Waals surface area (Å²) in [5.41, 5.74) is 1.01. The Bertz CT molecular complexity index is 86.5. The highest BCUT2D eigenvalue weighted by Gasteiger charge is 2.16. The van der Waals surface area contributed by atoms with Crippen molar-refractivity contribution >= 4 is 15.9 Å². The molecule has 0 aromatic rings. The summed E-state index contributed by atoms with van der Waals surface area (Å²) in [6, 6.07) is 0. The lowest BCUT2D eigenvalue weighted by Crippen LogP contribution is -2.22. The second-order valence-corrected chi connectivity index (χ2v) is 3.79. The fourth-order valence-electron chi connectivity index (χ4n) is 1.24. The van der Waals surface area contributed by atoms with Gasteiger partial charge in [0.25, 0.3) is 0 Å². The zero-order chi connectivity index (χ0) is 7.40. The van der Waals surface area contributed by atoms with E-state index in [0.717, 1.165) is 11.4 Å². The van der Waals surface area contributed by atoms with E-state index in [-0.39, 0.29) is 0 Å². The SMILES string of the molecule is CN(CBr)CCC1CCC1. The Labute approximate surface area is 71.9 Å². The van der Waals surface area contributed by atoms with E-state index in [1.54, 1.807) is 0 Å². The summed E-state index contributed by atoms with van der Waals surface area (Å²) in [6.45, 7) is 1.26. The van der Waals surface area contributed by atoms with Crippen molar-refractivity contribution in [2.24, 2.45) is 5.92 Å². The molecule has 1 fully saturated rings. The molecule has 1 aliphatic rings. The van der Waals surface area contributed by atoms with Crippen molar-refractivity contribution in [1.82, 2.24) is 4.90 Å². The topological polar surface area (TPSA) is 3.24 Å². The maximum atomic E-state index is 3.43. The molecular weight excluding hydrogens is 190 g/mol. The third kappa shape index (κ3) is 2.59. The zero-order valence-electron chi connectivity index (χ0n) is 6.65. The lowest BCUT2D eigenvalue weighted by Gasteiger charge is -2.26. The van der Waals surface area contributed by atoms with Crippen LogP contribution in [0.2, 0.25) is 0 Å². The average molecular weight is 206 g/mol. The van der Waals surface area contributed by atoms with Gasteiger partial charge in [-0.3, -0.25) is 4.90 Å². The van der Waals surface area contributed by atoms with Gasteiger partial charge >= 0.3 is 0 Å². The van der Waals surface area contributed by atoms with Crippen LogP contribution in [0.1, 0.15) is 25.7 Å². The van der Waals surface area contributed by atoms with Crippen LogP contribution in [0.5, 0.6) is 0 Å². The highest BCUT2D eigenvalue weighted by Crippen LogP contribution is 2.29. The third-order valence-electron chi connectivity index (χ3n) is 2.35. The van der Waals surface area contributed by atoms with Crippen molar-refractivity contribution < 1.29 is 0 Å². The molecular formula is C8H16BrN. The van der Waals surface area contributed by atoms with Gasteiger partial charge < -0.3 is 0 Å². The van der Waals surface area contributed by atoms with E-state index in [1.165, 1.54) is 32.2 Å². The van der Waals surface area contributed by atoms with Crippen LogP contribution in [0.15, 0.2) is 0 Å². The molecule has 0 heterocycles. The first-order valence-corrected chi connectivity index (χ1v) is 5.19. The largest absolute Gasteiger partial charge is 0.297 e. The van der Waals surface area contributed by atoms with E-state index in [4.69, 9.17) is 0 Å². The van der Waals surface area contributed by atoms with E-state index in [9.17, 15) is 0 Å². The van der Waals surface area contributed by atoms with Gasteiger partial charge in [-0.05, 0) is 25.9 Å². The van der Waals surface area contributed by atoms with Gasteiger partial charge in [-0.1, -0.05) is 35.2 Å². The Balaban J connectivity index is 1.93. The Kier molecular flexibility index (Phi) is 3.71. The second kappa shape index (κ2) is 4.35. The molecule has 0 atom stereocenters. The molecule has 0 aliphatic heterocycles. The van der Waals surface area contributed by atoms with Gasteiger partial charge in [0.1, 0.15) is 0 Å². The quantitative estimate of drug-likeness (QED) is 0.504. The van der Waals surface area contributed by atoms with Crippen LogP contribution < -0.4 is 0 Å². The van der Waals surface area contributed by atoms with Crippen molar-refractivity contribution in [3.05, 3.63) is 0 Å². The van der Waals surface area contributed by atoms with E-state index in [0.29, 0.717) is 0 Å². The normalized spacial score (nSPS) is 19.5. The number of halogens is 1. The molecule has 0 N–H and O–H groups in total. The fraction of sp³-hybridized carbons (Fsp3) is 1.00. The monoisotopic (exact) mass is 205 g/mol. The lowest BCUT2D eigenvalue weighted by molar-refractivity contribution is 0.255. The molecule has 60 valence electrons. The Morgan fingerprint density at radius 3 is 2.60 bits per heavy atom. The van der Waals surface area contributed by atoms with Crippen LogP contribution in [0.3, 0.4) is 0 Å². The molecule has 1 nitrogen and oxygen atoms in total. The molecule has 1 aliphatic carbocycles. The number of hydrogen-bond acceptors (Lipinski definition) is 1. The number of rotatable bonds is 4. The Morgan fingerprint density at radius 2 is 2.20 bits per heavy atom. The molecule has 0 saturated heterocycles. The molecule has 0 spiro atoms. The standard InChI is InChI=1S/C8H16BrN/c1-10(7-9)6-5-8-3-2-4-8/h8H,2-7H2,1H3. The summed E-state index contributed by atoms with van der Waals surface area (Å²) in [5.74, 6) is 1.06. The first kappa shape index (κ1) is 8.54. The molecule has 0 aromatic carbocycles. The predicted molar refractivity (Wildman–Crippen MR) is 48.4 cm³/mol. The predicted octanol–water partition coefficient (Wildman–Crippen LogP) is 2.46. The fourth-order valence-corrected chi connectivity index (χ4v) is 1.49. The molecule has 1 saturated carbocycles. The number of alkyl halides is 1. The van der Waals surface area contributed by atoms with Gasteiger partial charge in [-0.2, -0.15) is 0 Å². The van der Waals surface area contributed by atoms with Crippen molar-refractivity contribution in [3.8, 4) is 0 Å². The molecule has 1 rings (SSSR count). The van der Waals surface area contributed by atoms with Gasteiger partial charge in [0, 0.05) is 0 Å². The summed E-state index contributed by atoms with van der Waals surface area (Å²) < 4.78 is 0. The van der Waals surface area contributed by atoms with Gasteiger partial charge in [0.15, 0.2) is 0 Å². The molecule has 0 bridgehead atoms. The van der Waals surface area contributed by atoms with Gasteiger partial charge in [0.2, 0.25) is 0 Å². The number of hydrogen-bond donors (Lipinski definition) is 0. The minimum atomic E-state index is 1.01. The minimum Gasteiger partial charge on any atom is -0.297 e. The third-order valence-corrected chi connectivity index (χ3v) is 3.20. The summed E-state index contributed by atoms with van der Waals surface area (Å²) in [6.07, 6.45) is 5.84. The number of nitrogens with zero attached hydrogens (tertiary/aromatic N) is 1. The summed E-state index contributed by atoms with van der Waals surface area (Å²) >= 11 is 3.43. The summed E-state index contributed by atoms with van der Waals surface area (Å²) in [7, 11) is 2.16. The summed E-state index contributed by atoms with van der Waals surface area (Å²) in [5, 5.41) is 0. The molecule has 0 unspecified atom stereocenters. The van der Waals surface area contributed by atoms with Crippen LogP contribution >= 0.6 is 15.9 Å². The van der Waals surface area contributed by atoms with E-state index >= 15 is 0 Å². The van der Waals surface area contributed by atoms with E-state index in [2.05, 4.69) is 27.9 Å². The van der Waals surface area contributed by atoms with Gasteiger partial charge in [-0.25, -0.2) is 0 Å². The average Bonchev–Trinajstić information content (AvgIpc) is 1.84. The highest BCUT2D eigenvalue weighted by atomic mass is 79.9. The van der Waals surface area contributed by atoms with Crippen molar-refractivity contribution in [2.45, 2.75) is 25.7 Å². The van der Waals surface area contributed by atoms with Crippen LogP contribution in [-0.2, 0) is 0 Å². The lowest BCUT2D eigenvalue weighted by atomic mass is 9.83. The Hall–Kier alpha value is 0.440. The minimum absolute atomic E-state index is 1.01.